The number of ether oxygens (including phenoxy) is 2. The van der Waals surface area contributed by atoms with E-state index >= 15 is 4.39 Å². The lowest BCUT2D eigenvalue weighted by Gasteiger charge is -2.30. The SMILES string of the molecule is COC(=O)N[C@H](C(=O)Cc1cncc(F)c1CC[C@@H]1CN[C@H](c2nc3ccccc3[nH]2)CO1)C(c1ccc(F)cc1)c1ccc(F)cc1. The van der Waals surface area contributed by atoms with Gasteiger partial charge in [-0.25, -0.2) is 22.9 Å². The molecule has 1 amide bonds. The van der Waals surface area contributed by atoms with Gasteiger partial charge in [-0.05, 0) is 71.5 Å². The first-order valence-corrected chi connectivity index (χ1v) is 15.6. The Balaban J connectivity index is 1.19. The number of halogens is 3. The highest BCUT2D eigenvalue weighted by Crippen LogP contribution is 2.31. The number of alkyl carbamates (subject to hydrolysis) is 1. The van der Waals surface area contributed by atoms with Crippen LogP contribution in [0.4, 0.5) is 18.0 Å². The largest absolute Gasteiger partial charge is 0.453 e. The summed E-state index contributed by atoms with van der Waals surface area (Å²) in [5.74, 6) is -2.07. The number of aromatic nitrogens is 3. The van der Waals surface area contributed by atoms with Crippen LogP contribution in [0.1, 0.15) is 46.5 Å². The highest BCUT2D eigenvalue weighted by molar-refractivity contribution is 5.90. The Hall–Kier alpha value is -5.07. The van der Waals surface area contributed by atoms with Gasteiger partial charge in [-0.1, -0.05) is 36.4 Å². The van der Waals surface area contributed by atoms with Crippen molar-refractivity contribution < 1.29 is 32.2 Å². The molecule has 0 unspecified atom stereocenters. The molecule has 3 heterocycles. The molecule has 0 saturated carbocycles. The number of morpholine rings is 1. The molecule has 6 rings (SSSR count). The van der Waals surface area contributed by atoms with Crippen LogP contribution >= 0.6 is 0 Å². The second-order valence-electron chi connectivity index (χ2n) is 11.7. The van der Waals surface area contributed by atoms with Gasteiger partial charge < -0.3 is 25.1 Å². The van der Waals surface area contributed by atoms with Crippen LogP contribution in [0.2, 0.25) is 0 Å². The molecule has 3 N–H and O–H groups in total. The van der Waals surface area contributed by atoms with Crippen LogP contribution in [0.3, 0.4) is 0 Å². The molecule has 2 aromatic heterocycles. The fourth-order valence-electron chi connectivity index (χ4n) is 6.11. The highest BCUT2D eigenvalue weighted by atomic mass is 19.1. The molecule has 0 bridgehead atoms. The van der Waals surface area contributed by atoms with E-state index in [1.165, 1.54) is 54.7 Å². The molecule has 3 atom stereocenters. The van der Waals surface area contributed by atoms with Crippen molar-refractivity contribution >= 4 is 22.9 Å². The Morgan fingerprint density at radius 3 is 2.29 bits per heavy atom. The first-order chi connectivity index (χ1) is 23.3. The number of carbonyl (C=O) groups is 2. The average Bonchev–Trinajstić information content (AvgIpc) is 3.54. The second kappa shape index (κ2) is 14.8. The van der Waals surface area contributed by atoms with Crippen LogP contribution in [-0.4, -0.2) is 59.2 Å². The first kappa shape index (κ1) is 32.9. The number of methoxy groups -OCH3 is 1. The molecular weight excluding hydrogens is 623 g/mol. The molecule has 1 fully saturated rings. The van der Waals surface area contributed by atoms with Gasteiger partial charge in [0.05, 0.1) is 43.1 Å². The van der Waals surface area contributed by atoms with Crippen LogP contribution in [-0.2, 0) is 27.1 Å². The summed E-state index contributed by atoms with van der Waals surface area (Å²) in [6.07, 6.45) is 1.93. The molecule has 9 nitrogen and oxygen atoms in total. The van der Waals surface area contributed by atoms with Crippen molar-refractivity contribution in [2.75, 3.05) is 20.3 Å². The summed E-state index contributed by atoms with van der Waals surface area (Å²) in [5.41, 5.74) is 3.49. The number of rotatable bonds is 11. The Bertz CT molecular complexity index is 1800. The number of fused-ring (bicyclic) bond motifs is 1. The summed E-state index contributed by atoms with van der Waals surface area (Å²) in [7, 11) is 1.16. The lowest BCUT2D eigenvalue weighted by Crippen LogP contribution is -2.46. The predicted octanol–water partition coefficient (Wildman–Crippen LogP) is 5.71. The number of pyridine rings is 1. The molecule has 3 aromatic carbocycles. The van der Waals surface area contributed by atoms with Gasteiger partial charge in [0.25, 0.3) is 0 Å². The number of Topliss-reactive ketones (excluding diaryl/α,β-unsaturated/α-hetero) is 1. The van der Waals surface area contributed by atoms with Gasteiger partial charge in [0.2, 0.25) is 0 Å². The Labute approximate surface area is 274 Å². The minimum Gasteiger partial charge on any atom is -0.453 e. The standard InChI is InChI=1S/C36H34F3N5O4/c1-47-36(46)44-34(33(21-6-10-24(37)11-7-21)22-8-12-25(38)13-9-22)32(45)16-23-17-40-19-28(39)27(23)15-14-26-18-41-31(20-48-26)35-42-29-4-2-3-5-30(29)43-35/h2-13,17,19,26,31,33-34,41H,14-16,18,20H2,1H3,(H,42,43)(H,44,46)/t26-,31+,34-/m1/s1. The van der Waals surface area contributed by atoms with Gasteiger partial charge in [-0.3, -0.25) is 9.78 Å². The van der Waals surface area contributed by atoms with Crippen LogP contribution in [0.25, 0.3) is 11.0 Å². The van der Waals surface area contributed by atoms with Crippen LogP contribution in [0.15, 0.2) is 85.2 Å². The summed E-state index contributed by atoms with van der Waals surface area (Å²) in [4.78, 5) is 38.5. The zero-order valence-electron chi connectivity index (χ0n) is 26.1. The fraction of sp³-hybridized carbons (Fsp3) is 0.278. The molecule has 48 heavy (non-hydrogen) atoms. The maximum atomic E-state index is 15.3. The summed E-state index contributed by atoms with van der Waals surface area (Å²) < 4.78 is 54.0. The maximum absolute atomic E-state index is 15.3. The molecule has 0 aliphatic carbocycles. The first-order valence-electron chi connectivity index (χ1n) is 15.6. The van der Waals surface area contributed by atoms with Gasteiger partial charge in [0.1, 0.15) is 29.3 Å². The van der Waals surface area contributed by atoms with E-state index in [-0.39, 0.29) is 25.0 Å². The Kier molecular flexibility index (Phi) is 10.1. The number of para-hydroxylation sites is 2. The van der Waals surface area contributed by atoms with Crippen molar-refractivity contribution in [1.82, 2.24) is 25.6 Å². The zero-order chi connectivity index (χ0) is 33.6. The minimum absolute atomic E-state index is 0.117. The van der Waals surface area contributed by atoms with Crippen LogP contribution in [0.5, 0.6) is 0 Å². The molecule has 1 aliphatic heterocycles. The van der Waals surface area contributed by atoms with Gasteiger partial charge >= 0.3 is 6.09 Å². The lowest BCUT2D eigenvalue weighted by atomic mass is 9.81. The summed E-state index contributed by atoms with van der Waals surface area (Å²) >= 11 is 0. The van der Waals surface area contributed by atoms with E-state index < -0.39 is 41.3 Å². The third kappa shape index (κ3) is 7.56. The second-order valence-corrected chi connectivity index (χ2v) is 11.7. The Morgan fingerprint density at radius 2 is 1.67 bits per heavy atom. The summed E-state index contributed by atoms with van der Waals surface area (Å²) in [5, 5.41) is 6.06. The number of nitrogens with one attached hydrogen (secondary N) is 3. The third-order valence-electron chi connectivity index (χ3n) is 8.60. The van der Waals surface area contributed by atoms with Crippen molar-refractivity contribution in [2.24, 2.45) is 0 Å². The van der Waals surface area contributed by atoms with Crippen LogP contribution < -0.4 is 10.6 Å². The van der Waals surface area contributed by atoms with E-state index in [1.807, 2.05) is 24.3 Å². The molecular formula is C36H34F3N5O4. The number of hydrogen-bond acceptors (Lipinski definition) is 7. The van der Waals surface area contributed by atoms with E-state index in [1.54, 1.807) is 0 Å². The highest BCUT2D eigenvalue weighted by Gasteiger charge is 2.34. The quantitative estimate of drug-likeness (QED) is 0.167. The maximum Gasteiger partial charge on any atom is 0.407 e. The lowest BCUT2D eigenvalue weighted by molar-refractivity contribution is -0.120. The number of nitrogens with zero attached hydrogens (tertiary/aromatic N) is 2. The number of H-pyrrole nitrogens is 1. The zero-order valence-corrected chi connectivity index (χ0v) is 26.1. The molecule has 1 saturated heterocycles. The van der Waals surface area contributed by atoms with Gasteiger partial charge in [-0.2, -0.15) is 0 Å². The van der Waals surface area contributed by atoms with Crippen molar-refractivity contribution in [3.05, 3.63) is 131 Å². The number of benzene rings is 3. The van der Waals surface area contributed by atoms with Crippen molar-refractivity contribution in [3.63, 3.8) is 0 Å². The molecule has 5 aromatic rings. The third-order valence-corrected chi connectivity index (χ3v) is 8.60. The summed E-state index contributed by atoms with van der Waals surface area (Å²) in [6.45, 7) is 0.897. The van der Waals surface area contributed by atoms with E-state index in [0.29, 0.717) is 41.8 Å². The fourth-order valence-corrected chi connectivity index (χ4v) is 6.11. The predicted molar refractivity (Wildman–Crippen MR) is 172 cm³/mol. The van der Waals surface area contributed by atoms with Crippen molar-refractivity contribution in [3.8, 4) is 0 Å². The van der Waals surface area contributed by atoms with Crippen molar-refractivity contribution in [2.45, 2.75) is 43.4 Å². The summed E-state index contributed by atoms with van der Waals surface area (Å²) in [6, 6.07) is 17.4. The van der Waals surface area contributed by atoms with Crippen molar-refractivity contribution in [1.29, 1.82) is 0 Å². The van der Waals surface area contributed by atoms with Gasteiger partial charge in [0.15, 0.2) is 5.78 Å². The monoisotopic (exact) mass is 657 g/mol. The van der Waals surface area contributed by atoms with E-state index in [9.17, 15) is 18.4 Å². The smallest absolute Gasteiger partial charge is 0.407 e. The molecule has 0 radical (unpaired) electrons. The van der Waals surface area contributed by atoms with Gasteiger partial charge in [0, 0.05) is 25.1 Å². The topological polar surface area (TPSA) is 118 Å². The number of aromatic amines is 1. The number of carbonyl (C=O) groups excluding carboxylic acids is 2. The molecule has 0 spiro atoms. The average molecular weight is 658 g/mol. The molecule has 1 aliphatic rings. The van der Waals surface area contributed by atoms with E-state index in [4.69, 9.17) is 9.47 Å². The van der Waals surface area contributed by atoms with Crippen LogP contribution in [0, 0.1) is 17.5 Å². The minimum atomic E-state index is -1.23. The normalized spacial score (nSPS) is 16.9. The van der Waals surface area contributed by atoms with E-state index in [2.05, 4.69) is 25.6 Å². The Morgan fingerprint density at radius 1 is 0.979 bits per heavy atom. The number of imidazole rings is 1. The van der Waals surface area contributed by atoms with E-state index in [0.717, 1.165) is 30.2 Å². The van der Waals surface area contributed by atoms with Gasteiger partial charge in [-0.15, -0.1) is 0 Å². The molecule has 12 heteroatoms. The molecule has 248 valence electrons. The number of hydrogen-bond donors (Lipinski definition) is 3. The number of ketones is 1. The number of amides is 1.